The second-order valence-electron chi connectivity index (χ2n) is 6.20. The van der Waals surface area contributed by atoms with Gasteiger partial charge in [-0.25, -0.2) is 4.79 Å². The van der Waals surface area contributed by atoms with Crippen LogP contribution in [0.25, 0.3) is 0 Å². The van der Waals surface area contributed by atoms with Crippen molar-refractivity contribution in [1.29, 1.82) is 0 Å². The van der Waals surface area contributed by atoms with Crippen LogP contribution in [0.2, 0.25) is 19.6 Å². The number of amides is 3. The maximum Gasteiger partial charge on any atom is 0.332 e. The van der Waals surface area contributed by atoms with Gasteiger partial charge < -0.3 is 4.66 Å². The largest absolute Gasteiger partial charge is 0.332 e. The van der Waals surface area contributed by atoms with Gasteiger partial charge in [0.25, 0.3) is 5.91 Å². The zero-order valence-electron chi connectivity index (χ0n) is 13.4. The Hall–Kier alpha value is -1.17. The lowest BCUT2D eigenvalue weighted by Gasteiger charge is -2.17. The third kappa shape index (κ3) is 4.16. The predicted octanol–water partition coefficient (Wildman–Crippen LogP) is 3.08. The topological polar surface area (TPSA) is 53.0 Å². The normalized spacial score (nSPS) is 18.6. The summed E-state index contributed by atoms with van der Waals surface area (Å²) in [6, 6.07) is -0.186. The van der Waals surface area contributed by atoms with Crippen molar-refractivity contribution in [1.82, 2.24) is 9.80 Å². The molecule has 6 heteroatoms. The van der Waals surface area contributed by atoms with Gasteiger partial charge in [-0.2, -0.15) is 0 Å². The average Bonchev–Trinajstić information content (AvgIpc) is 2.56. The van der Waals surface area contributed by atoms with Crippen LogP contribution >= 0.6 is 0 Å². The fourth-order valence-corrected chi connectivity index (χ4v) is 2.87. The van der Waals surface area contributed by atoms with E-state index in [1.807, 2.05) is 0 Å². The number of imide groups is 1. The molecular weight excluding hydrogens is 270 g/mol. The zero-order chi connectivity index (χ0) is 15.3. The van der Waals surface area contributed by atoms with Crippen molar-refractivity contribution in [2.24, 2.45) is 4.66 Å². The predicted molar refractivity (Wildman–Crippen MR) is 84.4 cm³/mol. The maximum absolute atomic E-state index is 12.4. The first kappa shape index (κ1) is 16.9. The molecule has 0 aromatic rings. The minimum atomic E-state index is -1.79. The van der Waals surface area contributed by atoms with Gasteiger partial charge in [0.2, 0.25) is 0 Å². The smallest absolute Gasteiger partial charge is 0.302 e. The number of carbonyl (C=O) groups excluding carboxylic acids is 2. The molecule has 114 valence electrons. The van der Waals surface area contributed by atoms with Crippen LogP contribution in [-0.2, 0) is 4.79 Å². The molecule has 0 N–H and O–H groups in total. The Kier molecular flexibility index (Phi) is 5.92. The summed E-state index contributed by atoms with van der Waals surface area (Å²) in [4.78, 5) is 27.8. The molecule has 0 saturated carbocycles. The summed E-state index contributed by atoms with van der Waals surface area (Å²) in [6.45, 7) is 11.4. The third-order valence-corrected chi connectivity index (χ3v) is 3.95. The molecular formula is C14H27N3O2Si. The molecule has 20 heavy (non-hydrogen) atoms. The van der Waals surface area contributed by atoms with Gasteiger partial charge in [0.15, 0.2) is 14.1 Å². The molecule has 1 aliphatic rings. The molecule has 3 amide bonds. The Morgan fingerprint density at radius 1 is 0.950 bits per heavy atom. The van der Waals surface area contributed by atoms with E-state index in [-0.39, 0.29) is 11.9 Å². The molecule has 1 aliphatic heterocycles. The van der Waals surface area contributed by atoms with E-state index in [4.69, 9.17) is 0 Å². The summed E-state index contributed by atoms with van der Waals surface area (Å²) >= 11 is 0. The van der Waals surface area contributed by atoms with Crippen LogP contribution in [-0.4, -0.2) is 48.9 Å². The summed E-state index contributed by atoms with van der Waals surface area (Å²) in [5.41, 5.74) is 0. The molecule has 1 saturated heterocycles. The van der Waals surface area contributed by atoms with E-state index >= 15 is 0 Å². The Labute approximate surface area is 123 Å². The van der Waals surface area contributed by atoms with Gasteiger partial charge in [0.1, 0.15) is 0 Å². The molecule has 0 aromatic heterocycles. The highest BCUT2D eigenvalue weighted by molar-refractivity contribution is 6.77. The maximum atomic E-state index is 12.4. The van der Waals surface area contributed by atoms with Crippen LogP contribution in [0.3, 0.4) is 0 Å². The van der Waals surface area contributed by atoms with E-state index in [1.54, 1.807) is 4.90 Å². The summed E-state index contributed by atoms with van der Waals surface area (Å²) < 4.78 is 4.60. The lowest BCUT2D eigenvalue weighted by atomic mass is 10.3. The Bertz CT molecular complexity index is 402. The number of urea groups is 1. The number of carbonyl (C=O) groups is 2. The van der Waals surface area contributed by atoms with Gasteiger partial charge in [-0.3, -0.25) is 14.6 Å². The summed E-state index contributed by atoms with van der Waals surface area (Å²) in [5, 5.41) is 0. The van der Waals surface area contributed by atoms with Crippen molar-refractivity contribution in [2.45, 2.75) is 59.2 Å². The average molecular weight is 297 g/mol. The lowest BCUT2D eigenvalue weighted by molar-refractivity contribution is -0.120. The summed E-state index contributed by atoms with van der Waals surface area (Å²) in [7, 11) is -1.79. The van der Waals surface area contributed by atoms with E-state index < -0.39 is 8.24 Å². The SMILES string of the molecule is CCCCN1C(=O)C(=N[Si](C)(C)C)N(CCCC)C1=O. The Morgan fingerprint density at radius 2 is 1.45 bits per heavy atom. The first-order valence-corrected chi connectivity index (χ1v) is 11.0. The number of amidine groups is 1. The van der Waals surface area contributed by atoms with Crippen molar-refractivity contribution in [3.63, 3.8) is 0 Å². The minimum absolute atomic E-state index is 0.186. The first-order valence-electron chi connectivity index (χ1n) is 7.55. The highest BCUT2D eigenvalue weighted by atomic mass is 28.3. The van der Waals surface area contributed by atoms with Gasteiger partial charge in [-0.05, 0) is 32.5 Å². The zero-order valence-corrected chi connectivity index (χ0v) is 14.4. The van der Waals surface area contributed by atoms with Gasteiger partial charge in [0.05, 0.1) is 0 Å². The molecule has 0 unspecified atom stereocenters. The molecule has 1 fully saturated rings. The number of unbranched alkanes of at least 4 members (excludes halogenated alkanes) is 2. The van der Waals surface area contributed by atoms with Crippen LogP contribution in [0.5, 0.6) is 0 Å². The lowest BCUT2D eigenvalue weighted by Crippen LogP contribution is -2.35. The number of nitrogens with zero attached hydrogens (tertiary/aromatic N) is 3. The second-order valence-corrected chi connectivity index (χ2v) is 10.8. The molecule has 0 spiro atoms. The van der Waals surface area contributed by atoms with E-state index in [0.29, 0.717) is 18.9 Å². The number of hydrogen-bond donors (Lipinski definition) is 0. The molecule has 0 radical (unpaired) electrons. The highest BCUT2D eigenvalue weighted by Crippen LogP contribution is 2.17. The van der Waals surface area contributed by atoms with E-state index in [1.165, 1.54) is 4.90 Å². The van der Waals surface area contributed by atoms with Crippen LogP contribution in [0.4, 0.5) is 4.79 Å². The van der Waals surface area contributed by atoms with E-state index in [0.717, 1.165) is 25.7 Å². The first-order chi connectivity index (χ1) is 9.31. The summed E-state index contributed by atoms with van der Waals surface area (Å²) in [6.07, 6.45) is 3.70. The van der Waals surface area contributed by atoms with Gasteiger partial charge >= 0.3 is 6.03 Å². The van der Waals surface area contributed by atoms with Crippen molar-refractivity contribution < 1.29 is 9.59 Å². The number of rotatable bonds is 7. The third-order valence-electron chi connectivity index (χ3n) is 3.07. The van der Waals surface area contributed by atoms with Crippen molar-refractivity contribution >= 4 is 26.0 Å². The molecule has 0 bridgehead atoms. The molecule has 1 heterocycles. The van der Waals surface area contributed by atoms with Crippen molar-refractivity contribution in [3.05, 3.63) is 0 Å². The monoisotopic (exact) mass is 297 g/mol. The van der Waals surface area contributed by atoms with Gasteiger partial charge in [-0.15, -0.1) is 0 Å². The van der Waals surface area contributed by atoms with Gasteiger partial charge in [0, 0.05) is 13.1 Å². The molecule has 0 aliphatic carbocycles. The van der Waals surface area contributed by atoms with E-state index in [2.05, 4.69) is 38.1 Å². The quantitative estimate of drug-likeness (QED) is 0.535. The van der Waals surface area contributed by atoms with Crippen LogP contribution in [0.1, 0.15) is 39.5 Å². The van der Waals surface area contributed by atoms with Crippen LogP contribution in [0, 0.1) is 0 Å². The Balaban J connectivity index is 3.01. The van der Waals surface area contributed by atoms with Crippen LogP contribution < -0.4 is 0 Å². The minimum Gasteiger partial charge on any atom is -0.302 e. The number of hydrogen-bond acceptors (Lipinski definition) is 3. The Morgan fingerprint density at radius 3 is 1.90 bits per heavy atom. The second kappa shape index (κ2) is 7.01. The van der Waals surface area contributed by atoms with Crippen LogP contribution in [0.15, 0.2) is 4.66 Å². The fraction of sp³-hybridized carbons (Fsp3) is 0.786. The van der Waals surface area contributed by atoms with Gasteiger partial charge in [-0.1, -0.05) is 26.7 Å². The fourth-order valence-electron chi connectivity index (χ4n) is 2.02. The van der Waals surface area contributed by atoms with Crippen molar-refractivity contribution in [3.8, 4) is 0 Å². The molecule has 1 rings (SSSR count). The standard InChI is InChI=1S/C14H27N3O2Si/c1-6-8-10-16-12(15-20(3,4)5)13(18)17(14(16)19)11-9-7-2/h6-11H2,1-5H3. The molecule has 0 aromatic carbocycles. The molecule has 5 nitrogen and oxygen atoms in total. The highest BCUT2D eigenvalue weighted by Gasteiger charge is 2.42. The summed E-state index contributed by atoms with van der Waals surface area (Å²) in [5.74, 6) is 0.167. The van der Waals surface area contributed by atoms with Crippen molar-refractivity contribution in [2.75, 3.05) is 13.1 Å². The van der Waals surface area contributed by atoms with E-state index in [9.17, 15) is 9.59 Å². The molecule has 0 atom stereocenters.